The highest BCUT2D eigenvalue weighted by Crippen LogP contribution is 2.12. The van der Waals surface area contributed by atoms with Crippen LogP contribution in [0, 0.1) is 0 Å². The summed E-state index contributed by atoms with van der Waals surface area (Å²) >= 11 is 0. The van der Waals surface area contributed by atoms with Gasteiger partial charge in [0.15, 0.2) is 0 Å². The molecule has 1 saturated heterocycles. The van der Waals surface area contributed by atoms with E-state index in [4.69, 9.17) is 4.84 Å². The lowest BCUT2D eigenvalue weighted by Gasteiger charge is -2.25. The van der Waals surface area contributed by atoms with Crippen LogP contribution in [0.15, 0.2) is 0 Å². The van der Waals surface area contributed by atoms with Crippen molar-refractivity contribution >= 4 is 10.0 Å². The van der Waals surface area contributed by atoms with E-state index in [0.29, 0.717) is 19.6 Å². The number of hydrogen-bond acceptors (Lipinski definition) is 3. The second-order valence-corrected chi connectivity index (χ2v) is 5.22. The van der Waals surface area contributed by atoms with E-state index in [2.05, 4.69) is 0 Å². The van der Waals surface area contributed by atoms with E-state index in [1.165, 1.54) is 0 Å². The monoisotopic (exact) mass is 207 g/mol. The van der Waals surface area contributed by atoms with Crippen molar-refractivity contribution < 1.29 is 13.3 Å². The van der Waals surface area contributed by atoms with Crippen molar-refractivity contribution in [1.82, 2.24) is 4.47 Å². The first kappa shape index (κ1) is 10.9. The van der Waals surface area contributed by atoms with Crippen LogP contribution in [0.1, 0.15) is 32.6 Å². The van der Waals surface area contributed by atoms with E-state index in [1.807, 2.05) is 6.92 Å². The molecule has 5 heteroatoms. The van der Waals surface area contributed by atoms with Crippen LogP contribution in [-0.2, 0) is 14.9 Å². The number of nitrogens with zero attached hydrogens (tertiary/aromatic N) is 1. The number of hydroxylamine groups is 1. The Bertz CT molecular complexity index is 232. The maximum atomic E-state index is 11.5. The second-order valence-electron chi connectivity index (χ2n) is 3.24. The van der Waals surface area contributed by atoms with Gasteiger partial charge in [0, 0.05) is 6.54 Å². The summed E-state index contributed by atoms with van der Waals surface area (Å²) in [5.41, 5.74) is 0. The summed E-state index contributed by atoms with van der Waals surface area (Å²) in [5.74, 6) is 0.212. The Labute approximate surface area is 79.9 Å². The van der Waals surface area contributed by atoms with Crippen molar-refractivity contribution in [1.29, 1.82) is 0 Å². The molecule has 0 bridgehead atoms. The van der Waals surface area contributed by atoms with Gasteiger partial charge in [-0.25, -0.2) is 8.42 Å². The lowest BCUT2D eigenvalue weighted by molar-refractivity contribution is -0.108. The van der Waals surface area contributed by atoms with Crippen molar-refractivity contribution in [3.63, 3.8) is 0 Å². The zero-order chi connectivity index (χ0) is 9.73. The van der Waals surface area contributed by atoms with E-state index in [1.54, 1.807) is 0 Å². The highest BCUT2D eigenvalue weighted by molar-refractivity contribution is 7.88. The van der Waals surface area contributed by atoms with E-state index in [-0.39, 0.29) is 5.75 Å². The van der Waals surface area contributed by atoms with Gasteiger partial charge in [-0.2, -0.15) is 0 Å². The Kier molecular flexibility index (Phi) is 4.15. The molecule has 0 aromatic rings. The van der Waals surface area contributed by atoms with Crippen molar-refractivity contribution in [3.05, 3.63) is 0 Å². The van der Waals surface area contributed by atoms with Gasteiger partial charge in [0.25, 0.3) is 0 Å². The van der Waals surface area contributed by atoms with Crippen molar-refractivity contribution in [2.75, 3.05) is 18.9 Å². The molecule has 1 fully saturated rings. The van der Waals surface area contributed by atoms with Gasteiger partial charge in [-0.3, -0.25) is 4.84 Å². The first-order valence-electron chi connectivity index (χ1n) is 4.80. The Balaban J connectivity index is 2.47. The molecule has 0 N–H and O–H groups in total. The minimum atomic E-state index is -3.13. The molecule has 4 nitrogen and oxygen atoms in total. The molecular weight excluding hydrogens is 190 g/mol. The van der Waals surface area contributed by atoms with Crippen molar-refractivity contribution in [3.8, 4) is 0 Å². The largest absolute Gasteiger partial charge is 0.284 e. The van der Waals surface area contributed by atoms with Gasteiger partial charge < -0.3 is 0 Å². The highest BCUT2D eigenvalue weighted by Gasteiger charge is 2.24. The number of rotatable bonds is 4. The van der Waals surface area contributed by atoms with Crippen LogP contribution >= 0.6 is 0 Å². The maximum absolute atomic E-state index is 11.5. The van der Waals surface area contributed by atoms with Crippen LogP contribution in [0.25, 0.3) is 0 Å². The van der Waals surface area contributed by atoms with Gasteiger partial charge in [0.2, 0.25) is 10.0 Å². The molecule has 0 unspecified atom stereocenters. The molecule has 78 valence electrons. The smallest absolute Gasteiger partial charge is 0.236 e. The van der Waals surface area contributed by atoms with Gasteiger partial charge in [0.1, 0.15) is 0 Å². The summed E-state index contributed by atoms with van der Waals surface area (Å²) in [6, 6.07) is 0. The van der Waals surface area contributed by atoms with Crippen LogP contribution in [-0.4, -0.2) is 31.8 Å². The lowest BCUT2D eigenvalue weighted by atomic mass is 10.3. The summed E-state index contributed by atoms with van der Waals surface area (Å²) in [7, 11) is -3.13. The highest BCUT2D eigenvalue weighted by atomic mass is 32.2. The molecule has 13 heavy (non-hydrogen) atoms. The summed E-state index contributed by atoms with van der Waals surface area (Å²) < 4.78 is 24.2. The SMILES string of the molecule is CCCCS(=O)(=O)N1CCCCO1. The quantitative estimate of drug-likeness (QED) is 0.694. The van der Waals surface area contributed by atoms with Gasteiger partial charge in [-0.15, -0.1) is 0 Å². The molecule has 1 rings (SSSR count). The summed E-state index contributed by atoms with van der Waals surface area (Å²) in [6.07, 6.45) is 3.47. The second kappa shape index (κ2) is 4.93. The van der Waals surface area contributed by atoms with Crippen molar-refractivity contribution in [2.45, 2.75) is 32.6 Å². The van der Waals surface area contributed by atoms with Crippen LogP contribution in [0.4, 0.5) is 0 Å². The Morgan fingerprint density at radius 1 is 1.38 bits per heavy atom. The minimum absolute atomic E-state index is 0.212. The summed E-state index contributed by atoms with van der Waals surface area (Å²) in [4.78, 5) is 5.09. The molecule has 0 amide bonds. The lowest BCUT2D eigenvalue weighted by Crippen LogP contribution is -2.37. The van der Waals surface area contributed by atoms with Crippen LogP contribution in [0.5, 0.6) is 0 Å². The van der Waals surface area contributed by atoms with Crippen LogP contribution < -0.4 is 0 Å². The summed E-state index contributed by atoms with van der Waals surface area (Å²) in [6.45, 7) is 3.03. The van der Waals surface area contributed by atoms with E-state index in [9.17, 15) is 8.42 Å². The predicted molar refractivity (Wildman–Crippen MR) is 50.6 cm³/mol. The zero-order valence-electron chi connectivity index (χ0n) is 8.03. The minimum Gasteiger partial charge on any atom is -0.284 e. The molecule has 1 heterocycles. The van der Waals surface area contributed by atoms with Crippen molar-refractivity contribution in [2.24, 2.45) is 0 Å². The molecule has 0 aliphatic carbocycles. The Hall–Kier alpha value is -0.130. The zero-order valence-corrected chi connectivity index (χ0v) is 8.85. The number of unbranched alkanes of at least 4 members (excludes halogenated alkanes) is 1. The standard InChI is InChI=1S/C8H17NO3S/c1-2-3-8-13(10,11)9-6-4-5-7-12-9/h2-8H2,1H3. The fourth-order valence-electron chi connectivity index (χ4n) is 1.22. The molecule has 1 aliphatic rings. The van der Waals surface area contributed by atoms with E-state index >= 15 is 0 Å². The molecule has 0 saturated carbocycles. The third-order valence-electron chi connectivity index (χ3n) is 2.04. The van der Waals surface area contributed by atoms with Crippen LogP contribution in [0.3, 0.4) is 0 Å². The third-order valence-corrected chi connectivity index (χ3v) is 3.75. The number of hydrogen-bond donors (Lipinski definition) is 0. The Morgan fingerprint density at radius 2 is 2.15 bits per heavy atom. The van der Waals surface area contributed by atoms with Gasteiger partial charge >= 0.3 is 0 Å². The fourth-order valence-corrected chi connectivity index (χ4v) is 2.72. The average molecular weight is 207 g/mol. The topological polar surface area (TPSA) is 46.6 Å². The molecular formula is C8H17NO3S. The molecule has 1 aliphatic heterocycles. The molecule has 0 aromatic carbocycles. The average Bonchev–Trinajstić information content (AvgIpc) is 2.16. The summed E-state index contributed by atoms with van der Waals surface area (Å²) in [5, 5.41) is 0. The van der Waals surface area contributed by atoms with E-state index in [0.717, 1.165) is 23.7 Å². The first-order chi connectivity index (χ1) is 6.17. The molecule has 0 spiro atoms. The third kappa shape index (κ3) is 3.25. The van der Waals surface area contributed by atoms with E-state index < -0.39 is 10.0 Å². The molecule has 0 radical (unpaired) electrons. The Morgan fingerprint density at radius 3 is 2.69 bits per heavy atom. The van der Waals surface area contributed by atoms with Gasteiger partial charge in [0.05, 0.1) is 12.4 Å². The fraction of sp³-hybridized carbons (Fsp3) is 1.00. The predicted octanol–water partition coefficient (Wildman–Crippen LogP) is 1.14. The molecule has 0 aromatic heterocycles. The maximum Gasteiger partial charge on any atom is 0.236 e. The van der Waals surface area contributed by atoms with Gasteiger partial charge in [-0.05, 0) is 19.3 Å². The van der Waals surface area contributed by atoms with Gasteiger partial charge in [-0.1, -0.05) is 17.8 Å². The normalized spacial score (nSPS) is 20.4. The number of sulfonamides is 1. The molecule has 0 atom stereocenters. The first-order valence-corrected chi connectivity index (χ1v) is 6.41. The van der Waals surface area contributed by atoms with Crippen LogP contribution in [0.2, 0.25) is 0 Å².